The average Bonchev–Trinajstić information content (AvgIpc) is 2.52. The van der Waals surface area contributed by atoms with Crippen molar-refractivity contribution in [2.45, 2.75) is 12.8 Å². The molecule has 1 aromatic carbocycles. The Hall–Kier alpha value is -2.63. The van der Waals surface area contributed by atoms with Gasteiger partial charge in [0, 0.05) is 24.6 Å². The molecule has 110 valence electrons. The third-order valence-electron chi connectivity index (χ3n) is 2.93. The van der Waals surface area contributed by atoms with Gasteiger partial charge >= 0.3 is 5.97 Å². The van der Waals surface area contributed by atoms with Crippen LogP contribution < -0.4 is 10.1 Å². The summed E-state index contributed by atoms with van der Waals surface area (Å²) in [6.07, 6.45) is 2.18. The Kier molecular flexibility index (Phi) is 5.09. The van der Waals surface area contributed by atoms with Crippen molar-refractivity contribution in [3.05, 3.63) is 36.7 Å². The summed E-state index contributed by atoms with van der Waals surface area (Å²) in [6, 6.07) is 9.43. The summed E-state index contributed by atoms with van der Waals surface area (Å²) in [5.41, 5.74) is 1.76. The molecule has 21 heavy (non-hydrogen) atoms. The zero-order valence-corrected chi connectivity index (χ0v) is 11.7. The van der Waals surface area contributed by atoms with Gasteiger partial charge in [-0.3, -0.25) is 4.79 Å². The lowest BCUT2D eigenvalue weighted by Crippen LogP contribution is -2.06. The number of ether oxygens (including phenoxy) is 1. The number of anilines is 1. The van der Waals surface area contributed by atoms with Crippen LogP contribution in [0.1, 0.15) is 12.8 Å². The normalized spacial score (nSPS) is 10.1. The lowest BCUT2D eigenvalue weighted by Gasteiger charge is -2.07. The minimum Gasteiger partial charge on any atom is -0.497 e. The first kappa shape index (κ1) is 14.8. The lowest BCUT2D eigenvalue weighted by atomic mass is 10.1. The SMILES string of the molecule is COc1ccc(-c2cc(NCCCC(=O)O)ncn2)cc1. The maximum Gasteiger partial charge on any atom is 0.303 e. The quantitative estimate of drug-likeness (QED) is 0.761. The lowest BCUT2D eigenvalue weighted by molar-refractivity contribution is -0.137. The van der Waals surface area contributed by atoms with E-state index < -0.39 is 5.97 Å². The number of carboxylic acids is 1. The third kappa shape index (κ3) is 4.45. The molecule has 6 nitrogen and oxygen atoms in total. The summed E-state index contributed by atoms with van der Waals surface area (Å²) in [4.78, 5) is 18.8. The van der Waals surface area contributed by atoms with Gasteiger partial charge in [-0.25, -0.2) is 9.97 Å². The number of rotatable bonds is 7. The number of aromatic nitrogens is 2. The zero-order chi connectivity index (χ0) is 15.1. The third-order valence-corrected chi connectivity index (χ3v) is 2.93. The summed E-state index contributed by atoms with van der Waals surface area (Å²) in [5, 5.41) is 11.7. The van der Waals surface area contributed by atoms with Crippen molar-refractivity contribution >= 4 is 11.8 Å². The van der Waals surface area contributed by atoms with E-state index in [1.54, 1.807) is 7.11 Å². The number of nitrogens with one attached hydrogen (secondary N) is 1. The van der Waals surface area contributed by atoms with Crippen LogP contribution in [-0.4, -0.2) is 34.7 Å². The minimum absolute atomic E-state index is 0.142. The summed E-state index contributed by atoms with van der Waals surface area (Å²) < 4.78 is 5.12. The van der Waals surface area contributed by atoms with Gasteiger partial charge < -0.3 is 15.2 Å². The molecule has 0 atom stereocenters. The predicted octanol–water partition coefficient (Wildman–Crippen LogP) is 2.43. The van der Waals surface area contributed by atoms with Gasteiger partial charge in [-0.1, -0.05) is 0 Å². The van der Waals surface area contributed by atoms with Crippen LogP contribution in [0.4, 0.5) is 5.82 Å². The van der Waals surface area contributed by atoms with E-state index in [0.29, 0.717) is 18.8 Å². The van der Waals surface area contributed by atoms with E-state index >= 15 is 0 Å². The van der Waals surface area contributed by atoms with Crippen molar-refractivity contribution in [3.63, 3.8) is 0 Å². The fourth-order valence-corrected chi connectivity index (χ4v) is 1.83. The Bertz CT molecular complexity index is 599. The largest absolute Gasteiger partial charge is 0.497 e. The highest BCUT2D eigenvalue weighted by Crippen LogP contribution is 2.21. The molecular formula is C15H17N3O3. The van der Waals surface area contributed by atoms with Gasteiger partial charge in [0.25, 0.3) is 0 Å². The van der Waals surface area contributed by atoms with E-state index in [1.165, 1.54) is 6.33 Å². The van der Waals surface area contributed by atoms with E-state index in [9.17, 15) is 4.79 Å². The van der Waals surface area contributed by atoms with Crippen molar-refractivity contribution in [1.82, 2.24) is 9.97 Å². The van der Waals surface area contributed by atoms with E-state index in [2.05, 4.69) is 15.3 Å². The molecule has 6 heteroatoms. The summed E-state index contributed by atoms with van der Waals surface area (Å²) >= 11 is 0. The smallest absolute Gasteiger partial charge is 0.303 e. The van der Waals surface area contributed by atoms with Gasteiger partial charge in [0.05, 0.1) is 12.8 Å². The molecule has 0 aliphatic rings. The number of benzene rings is 1. The van der Waals surface area contributed by atoms with E-state index in [1.807, 2.05) is 30.3 Å². The number of hydrogen-bond acceptors (Lipinski definition) is 5. The number of carboxylic acid groups (broad SMARTS) is 1. The molecule has 0 saturated heterocycles. The molecule has 2 rings (SSSR count). The van der Waals surface area contributed by atoms with E-state index in [0.717, 1.165) is 17.0 Å². The van der Waals surface area contributed by atoms with Crippen molar-refractivity contribution in [2.75, 3.05) is 19.0 Å². The molecular weight excluding hydrogens is 270 g/mol. The Balaban J connectivity index is 2.01. The first-order valence-electron chi connectivity index (χ1n) is 6.61. The fraction of sp³-hybridized carbons (Fsp3) is 0.267. The second kappa shape index (κ2) is 7.23. The number of nitrogens with zero attached hydrogens (tertiary/aromatic N) is 2. The molecule has 0 aliphatic carbocycles. The number of aliphatic carboxylic acids is 1. The Labute approximate surface area is 122 Å². The van der Waals surface area contributed by atoms with Crippen molar-refractivity contribution in [3.8, 4) is 17.0 Å². The molecule has 1 heterocycles. The van der Waals surface area contributed by atoms with E-state index in [4.69, 9.17) is 9.84 Å². The van der Waals surface area contributed by atoms with E-state index in [-0.39, 0.29) is 6.42 Å². The zero-order valence-electron chi connectivity index (χ0n) is 11.7. The monoisotopic (exact) mass is 287 g/mol. The molecule has 0 fully saturated rings. The second-order valence-electron chi connectivity index (χ2n) is 4.44. The van der Waals surface area contributed by atoms with Gasteiger partial charge in [0.2, 0.25) is 0 Å². The predicted molar refractivity (Wildman–Crippen MR) is 79.4 cm³/mol. The molecule has 0 saturated carbocycles. The van der Waals surface area contributed by atoms with Crippen molar-refractivity contribution in [2.24, 2.45) is 0 Å². The Morgan fingerprint density at radius 3 is 2.71 bits per heavy atom. The number of hydrogen-bond donors (Lipinski definition) is 2. The van der Waals surface area contributed by atoms with Crippen molar-refractivity contribution in [1.29, 1.82) is 0 Å². The molecule has 0 aliphatic heterocycles. The summed E-state index contributed by atoms with van der Waals surface area (Å²) in [6.45, 7) is 0.561. The summed E-state index contributed by atoms with van der Waals surface area (Å²) in [7, 11) is 1.62. The Morgan fingerprint density at radius 2 is 2.05 bits per heavy atom. The minimum atomic E-state index is -0.793. The molecule has 2 aromatic rings. The number of methoxy groups -OCH3 is 1. The molecule has 0 amide bonds. The topological polar surface area (TPSA) is 84.3 Å². The molecule has 0 radical (unpaired) electrons. The molecule has 2 N–H and O–H groups in total. The standard InChI is InChI=1S/C15H17N3O3/c1-21-12-6-4-11(5-7-12)13-9-14(18-10-17-13)16-8-2-3-15(19)20/h4-7,9-10H,2-3,8H2,1H3,(H,19,20)(H,16,17,18). The average molecular weight is 287 g/mol. The highest BCUT2D eigenvalue weighted by molar-refractivity contribution is 5.66. The van der Waals surface area contributed by atoms with Crippen LogP contribution in [0.25, 0.3) is 11.3 Å². The van der Waals surface area contributed by atoms with Gasteiger partial charge in [-0.2, -0.15) is 0 Å². The maximum absolute atomic E-state index is 10.4. The molecule has 0 unspecified atom stereocenters. The van der Waals surface area contributed by atoms with Crippen molar-refractivity contribution < 1.29 is 14.6 Å². The van der Waals surface area contributed by atoms with Crippen LogP contribution >= 0.6 is 0 Å². The molecule has 0 bridgehead atoms. The second-order valence-corrected chi connectivity index (χ2v) is 4.44. The van der Waals surface area contributed by atoms with Crippen LogP contribution in [0.2, 0.25) is 0 Å². The van der Waals surface area contributed by atoms with Gasteiger partial charge in [0.1, 0.15) is 17.9 Å². The van der Waals surface area contributed by atoms with Crippen LogP contribution in [0.3, 0.4) is 0 Å². The molecule has 1 aromatic heterocycles. The highest BCUT2D eigenvalue weighted by Gasteiger charge is 2.03. The van der Waals surface area contributed by atoms with Crippen LogP contribution in [0.15, 0.2) is 36.7 Å². The highest BCUT2D eigenvalue weighted by atomic mass is 16.5. The first-order valence-corrected chi connectivity index (χ1v) is 6.61. The Morgan fingerprint density at radius 1 is 1.29 bits per heavy atom. The van der Waals surface area contributed by atoms with Gasteiger partial charge in [-0.15, -0.1) is 0 Å². The van der Waals surface area contributed by atoms with Gasteiger partial charge in [-0.05, 0) is 30.7 Å². The van der Waals surface area contributed by atoms with Crippen LogP contribution in [0, 0.1) is 0 Å². The number of carbonyl (C=O) groups is 1. The fourth-order valence-electron chi connectivity index (χ4n) is 1.83. The first-order chi connectivity index (χ1) is 10.2. The van der Waals surface area contributed by atoms with Crippen LogP contribution in [-0.2, 0) is 4.79 Å². The van der Waals surface area contributed by atoms with Crippen LogP contribution in [0.5, 0.6) is 5.75 Å². The maximum atomic E-state index is 10.4. The van der Waals surface area contributed by atoms with Gasteiger partial charge in [0.15, 0.2) is 0 Å². The summed E-state index contributed by atoms with van der Waals surface area (Å²) in [5.74, 6) is 0.680. The molecule has 0 spiro atoms.